The van der Waals surface area contributed by atoms with Gasteiger partial charge in [0.1, 0.15) is 6.61 Å². The minimum absolute atomic E-state index is 0.0390. The van der Waals surface area contributed by atoms with Crippen LogP contribution in [0.5, 0.6) is 17.2 Å². The number of para-hydroxylation sites is 2. The fraction of sp³-hybridized carbons (Fsp3) is 0.118. The number of pyridine rings is 1. The number of aromatic nitrogens is 2. The van der Waals surface area contributed by atoms with Crippen LogP contribution in [0.25, 0.3) is 33.1 Å². The number of fused-ring (bicyclic) bond motifs is 2. The van der Waals surface area contributed by atoms with Crippen LogP contribution < -0.4 is 24.8 Å². The highest BCUT2D eigenvalue weighted by molar-refractivity contribution is 6.08. The van der Waals surface area contributed by atoms with Crippen molar-refractivity contribution >= 4 is 45.0 Å². The Balaban J connectivity index is 1.29. The van der Waals surface area contributed by atoms with E-state index < -0.39 is 6.09 Å². The molecule has 9 heteroatoms. The van der Waals surface area contributed by atoms with E-state index in [0.717, 1.165) is 50.0 Å². The van der Waals surface area contributed by atoms with Gasteiger partial charge in [-0.05, 0) is 48.0 Å². The van der Waals surface area contributed by atoms with Gasteiger partial charge in [-0.3, -0.25) is 5.32 Å². The number of carbonyl (C=O) groups is 1. The Hall–Kier alpha value is -5.70. The van der Waals surface area contributed by atoms with Gasteiger partial charge in [0, 0.05) is 46.0 Å². The molecule has 2 aromatic heterocycles. The van der Waals surface area contributed by atoms with Gasteiger partial charge in [0.15, 0.2) is 11.5 Å². The summed E-state index contributed by atoms with van der Waals surface area (Å²) in [5.74, 6) is 1.27. The number of carbonyl (C=O) groups excluding carboxylic acids is 1. The largest absolute Gasteiger partial charge is 0.493 e. The molecule has 0 radical (unpaired) electrons. The van der Waals surface area contributed by atoms with E-state index in [1.54, 1.807) is 12.1 Å². The summed E-state index contributed by atoms with van der Waals surface area (Å²) in [7, 11) is 4.55. The van der Waals surface area contributed by atoms with Crippen LogP contribution in [0.1, 0.15) is 5.56 Å². The summed E-state index contributed by atoms with van der Waals surface area (Å²) in [4.78, 5) is 21.0. The molecule has 43 heavy (non-hydrogen) atoms. The second kappa shape index (κ2) is 12.0. The van der Waals surface area contributed by atoms with Gasteiger partial charge >= 0.3 is 6.09 Å². The molecule has 6 rings (SSSR count). The summed E-state index contributed by atoms with van der Waals surface area (Å²) >= 11 is 0. The maximum atomic E-state index is 12.8. The second-order valence-corrected chi connectivity index (χ2v) is 9.76. The van der Waals surface area contributed by atoms with Crippen LogP contribution in [-0.2, 0) is 11.3 Å². The third kappa shape index (κ3) is 5.73. The number of methoxy groups -OCH3 is 3. The van der Waals surface area contributed by atoms with Crippen LogP contribution >= 0.6 is 0 Å². The highest BCUT2D eigenvalue weighted by Gasteiger charge is 2.16. The number of hydrogen-bond acceptors (Lipinski definition) is 7. The van der Waals surface area contributed by atoms with Crippen LogP contribution in [0.15, 0.2) is 97.2 Å². The molecule has 0 unspecified atom stereocenters. The van der Waals surface area contributed by atoms with E-state index >= 15 is 0 Å². The van der Waals surface area contributed by atoms with Crippen LogP contribution in [-0.4, -0.2) is 37.4 Å². The minimum Gasteiger partial charge on any atom is -0.493 e. The molecule has 0 spiro atoms. The van der Waals surface area contributed by atoms with Gasteiger partial charge in [-0.2, -0.15) is 0 Å². The van der Waals surface area contributed by atoms with Crippen molar-refractivity contribution in [3.63, 3.8) is 0 Å². The molecule has 0 aliphatic carbocycles. The van der Waals surface area contributed by atoms with Crippen LogP contribution in [0, 0.1) is 0 Å². The first-order valence-electron chi connectivity index (χ1n) is 13.6. The molecule has 1 amide bonds. The first-order valence-corrected chi connectivity index (χ1v) is 13.6. The van der Waals surface area contributed by atoms with E-state index in [9.17, 15) is 4.79 Å². The maximum absolute atomic E-state index is 12.8. The van der Waals surface area contributed by atoms with Crippen molar-refractivity contribution in [2.75, 3.05) is 32.0 Å². The van der Waals surface area contributed by atoms with Crippen molar-refractivity contribution in [2.45, 2.75) is 6.61 Å². The number of amides is 1. The fourth-order valence-electron chi connectivity index (χ4n) is 5.09. The van der Waals surface area contributed by atoms with Crippen LogP contribution in [0.4, 0.5) is 21.9 Å². The number of nitrogens with zero attached hydrogens (tertiary/aromatic N) is 1. The van der Waals surface area contributed by atoms with E-state index in [4.69, 9.17) is 23.9 Å². The van der Waals surface area contributed by atoms with Gasteiger partial charge in [0.2, 0.25) is 5.75 Å². The minimum atomic E-state index is -0.625. The van der Waals surface area contributed by atoms with Gasteiger partial charge in [-0.15, -0.1) is 0 Å². The summed E-state index contributed by atoms with van der Waals surface area (Å²) in [5, 5.41) is 8.41. The molecule has 0 saturated heterocycles. The normalized spacial score (nSPS) is 10.9. The number of nitrogens with one attached hydrogen (secondary N) is 3. The average molecular weight is 575 g/mol. The van der Waals surface area contributed by atoms with Gasteiger partial charge < -0.3 is 29.2 Å². The molecule has 4 aromatic carbocycles. The summed E-state index contributed by atoms with van der Waals surface area (Å²) < 4.78 is 21.8. The Morgan fingerprint density at radius 3 is 2.05 bits per heavy atom. The van der Waals surface area contributed by atoms with Gasteiger partial charge in [0.25, 0.3) is 0 Å². The molecular weight excluding hydrogens is 544 g/mol. The number of rotatable bonds is 9. The maximum Gasteiger partial charge on any atom is 0.411 e. The molecule has 0 saturated carbocycles. The average Bonchev–Trinajstić information content (AvgIpc) is 3.58. The molecular formula is C34H30N4O5. The van der Waals surface area contributed by atoms with Crippen molar-refractivity contribution in [1.29, 1.82) is 0 Å². The second-order valence-electron chi connectivity index (χ2n) is 9.76. The number of hydrogen-bond donors (Lipinski definition) is 3. The quantitative estimate of drug-likeness (QED) is 0.151. The van der Waals surface area contributed by atoms with E-state index in [-0.39, 0.29) is 6.61 Å². The summed E-state index contributed by atoms with van der Waals surface area (Å²) in [6.45, 7) is 0.0390. The van der Waals surface area contributed by atoms with Gasteiger partial charge in [-0.1, -0.05) is 36.4 Å². The van der Waals surface area contributed by atoms with Gasteiger partial charge in [-0.25, -0.2) is 9.78 Å². The zero-order valence-electron chi connectivity index (χ0n) is 23.9. The Kier molecular flexibility index (Phi) is 7.69. The number of ether oxygens (including phenoxy) is 4. The Labute approximate surface area is 248 Å². The lowest BCUT2D eigenvalue weighted by Crippen LogP contribution is -2.14. The zero-order valence-corrected chi connectivity index (χ0v) is 23.9. The Morgan fingerprint density at radius 1 is 0.767 bits per heavy atom. The van der Waals surface area contributed by atoms with E-state index in [1.165, 1.54) is 21.3 Å². The van der Waals surface area contributed by atoms with Crippen molar-refractivity contribution in [3.8, 4) is 28.5 Å². The predicted molar refractivity (Wildman–Crippen MR) is 169 cm³/mol. The molecule has 0 atom stereocenters. The van der Waals surface area contributed by atoms with Crippen molar-refractivity contribution < 1.29 is 23.7 Å². The number of benzene rings is 4. The number of anilines is 3. The summed E-state index contributed by atoms with van der Waals surface area (Å²) in [5.41, 5.74) is 6.73. The Morgan fingerprint density at radius 2 is 1.44 bits per heavy atom. The van der Waals surface area contributed by atoms with Crippen molar-refractivity contribution in [1.82, 2.24) is 9.97 Å². The molecule has 216 valence electrons. The molecule has 0 aliphatic rings. The SMILES string of the molecule is COc1cc(NC(=O)OCc2cc(Nc3c4ccccc4nc4ccccc34)cc(-c3ccc[nH]3)c2)cc(OC)c1OC. The van der Waals surface area contributed by atoms with Crippen LogP contribution in [0.3, 0.4) is 0 Å². The molecule has 9 nitrogen and oxygen atoms in total. The van der Waals surface area contributed by atoms with Crippen molar-refractivity contribution in [3.05, 3.63) is 103 Å². The standard InChI is InChI=1S/C34H30N4O5/c1-40-30-18-24(19-31(41-2)33(30)42-3)37-34(39)43-20-21-15-22(27-13-8-14-35-27)17-23(16-21)36-32-25-9-4-6-11-28(25)38-29-12-7-5-10-26(29)32/h4-19,35H,20H2,1-3H3,(H,36,38)(H,37,39). The molecule has 0 aliphatic heterocycles. The molecule has 0 fully saturated rings. The lowest BCUT2D eigenvalue weighted by Gasteiger charge is -2.16. The summed E-state index contributed by atoms with van der Waals surface area (Å²) in [6.07, 6.45) is 1.25. The van der Waals surface area contributed by atoms with E-state index in [2.05, 4.69) is 33.8 Å². The first kappa shape index (κ1) is 27.5. The van der Waals surface area contributed by atoms with Gasteiger partial charge in [0.05, 0.1) is 43.7 Å². The smallest absolute Gasteiger partial charge is 0.411 e. The molecule has 6 aromatic rings. The predicted octanol–water partition coefficient (Wildman–Crippen LogP) is 7.90. The molecule has 0 bridgehead atoms. The Bertz CT molecular complexity index is 1840. The number of aromatic amines is 1. The third-order valence-electron chi connectivity index (χ3n) is 7.04. The first-order chi connectivity index (χ1) is 21.1. The molecule has 2 heterocycles. The third-order valence-corrected chi connectivity index (χ3v) is 7.04. The lowest BCUT2D eigenvalue weighted by atomic mass is 10.0. The zero-order chi connectivity index (χ0) is 29.8. The molecule has 3 N–H and O–H groups in total. The highest BCUT2D eigenvalue weighted by atomic mass is 16.5. The van der Waals surface area contributed by atoms with E-state index in [0.29, 0.717) is 22.9 Å². The monoisotopic (exact) mass is 574 g/mol. The lowest BCUT2D eigenvalue weighted by molar-refractivity contribution is 0.155. The fourth-order valence-corrected chi connectivity index (χ4v) is 5.09. The topological polar surface area (TPSA) is 107 Å². The highest BCUT2D eigenvalue weighted by Crippen LogP contribution is 2.40. The van der Waals surface area contributed by atoms with E-state index in [1.807, 2.05) is 66.9 Å². The summed E-state index contributed by atoms with van der Waals surface area (Å²) in [6, 6.07) is 29.4. The van der Waals surface area contributed by atoms with Crippen LogP contribution in [0.2, 0.25) is 0 Å². The number of H-pyrrole nitrogens is 1. The van der Waals surface area contributed by atoms with Crippen molar-refractivity contribution in [2.24, 2.45) is 0 Å².